The largest absolute Gasteiger partial charge is 0.394 e. The maximum absolute atomic E-state index is 12.9. The highest BCUT2D eigenvalue weighted by Crippen LogP contribution is 2.31. The molecule has 3 heterocycles. The molecule has 3 aliphatic heterocycles. The molecule has 0 spiro atoms. The van der Waals surface area contributed by atoms with Crippen LogP contribution in [0.25, 0.3) is 0 Å². The van der Waals surface area contributed by atoms with Crippen LogP contribution in [0.3, 0.4) is 0 Å². The van der Waals surface area contributed by atoms with E-state index in [0.29, 0.717) is 6.61 Å². The Bertz CT molecular complexity index is 862. The summed E-state index contributed by atoms with van der Waals surface area (Å²) in [6.07, 6.45) is 1.98. The van der Waals surface area contributed by atoms with Crippen LogP contribution >= 0.6 is 0 Å². The van der Waals surface area contributed by atoms with E-state index in [1.165, 1.54) is 0 Å². The number of aliphatic hydroxyl groups is 1. The van der Waals surface area contributed by atoms with E-state index in [1.807, 2.05) is 6.07 Å². The van der Waals surface area contributed by atoms with Gasteiger partial charge in [-0.3, -0.25) is 29.4 Å². The monoisotopic (exact) mass is 401 g/mol. The topological polar surface area (TPSA) is 116 Å². The van der Waals surface area contributed by atoms with Crippen LogP contribution in [-0.2, 0) is 14.3 Å². The van der Waals surface area contributed by atoms with Crippen molar-refractivity contribution in [2.24, 2.45) is 0 Å². The zero-order valence-corrected chi connectivity index (χ0v) is 15.9. The Kier molecular flexibility index (Phi) is 5.33. The maximum Gasteiger partial charge on any atom is 0.262 e. The number of carbonyl (C=O) groups is 4. The number of aliphatic hydroxyl groups excluding tert-OH is 1. The zero-order chi connectivity index (χ0) is 20.5. The molecule has 2 saturated heterocycles. The molecular formula is C20H23N3O6. The van der Waals surface area contributed by atoms with Gasteiger partial charge in [0.15, 0.2) is 0 Å². The molecule has 9 heteroatoms. The van der Waals surface area contributed by atoms with Crippen LogP contribution in [0.1, 0.15) is 46.4 Å². The predicted molar refractivity (Wildman–Crippen MR) is 101 cm³/mol. The molecule has 1 atom stereocenters. The summed E-state index contributed by atoms with van der Waals surface area (Å²) in [5.74, 6) is -2.00. The molecule has 0 radical (unpaired) electrons. The Balaban J connectivity index is 1.49. The number of nitrogens with one attached hydrogen (secondary N) is 1. The van der Waals surface area contributed by atoms with Gasteiger partial charge >= 0.3 is 0 Å². The molecule has 1 unspecified atom stereocenters. The molecule has 1 aromatic carbocycles. The molecule has 3 aliphatic rings. The molecule has 0 bridgehead atoms. The Morgan fingerprint density at radius 2 is 1.76 bits per heavy atom. The van der Waals surface area contributed by atoms with Gasteiger partial charge < -0.3 is 14.7 Å². The van der Waals surface area contributed by atoms with Gasteiger partial charge in [-0.1, -0.05) is 0 Å². The lowest BCUT2D eigenvalue weighted by molar-refractivity contribution is -0.136. The van der Waals surface area contributed by atoms with Crippen molar-refractivity contribution in [3.05, 3.63) is 29.3 Å². The molecule has 2 fully saturated rings. The summed E-state index contributed by atoms with van der Waals surface area (Å²) in [4.78, 5) is 52.3. The molecule has 2 N–H and O–H groups in total. The average Bonchev–Trinajstić information content (AvgIpc) is 2.97. The summed E-state index contributed by atoms with van der Waals surface area (Å²) in [5, 5.41) is 11.1. The Morgan fingerprint density at radius 1 is 1.03 bits per heavy atom. The molecule has 0 aromatic heterocycles. The van der Waals surface area contributed by atoms with Gasteiger partial charge in [0, 0.05) is 25.2 Å². The normalized spacial score (nSPS) is 22.9. The summed E-state index contributed by atoms with van der Waals surface area (Å²) < 4.78 is 5.58. The first-order valence-electron chi connectivity index (χ1n) is 9.82. The summed E-state index contributed by atoms with van der Waals surface area (Å²) in [6.45, 7) is 1.82. The van der Waals surface area contributed by atoms with Gasteiger partial charge in [0.25, 0.3) is 11.8 Å². The molecule has 0 saturated carbocycles. The predicted octanol–water partition coefficient (Wildman–Crippen LogP) is 0.0655. The van der Waals surface area contributed by atoms with Crippen molar-refractivity contribution in [1.29, 1.82) is 0 Å². The number of ether oxygens (including phenoxy) is 1. The summed E-state index contributed by atoms with van der Waals surface area (Å²) in [5.41, 5.74) is 1.41. The second kappa shape index (κ2) is 7.92. The number of imide groups is 2. The van der Waals surface area contributed by atoms with Gasteiger partial charge in [-0.15, -0.1) is 0 Å². The third-order valence-electron chi connectivity index (χ3n) is 5.68. The highest BCUT2D eigenvalue weighted by Gasteiger charge is 2.44. The standard InChI is InChI=1S/C20H23N3O6/c24-9-10-29-13-5-7-22(8-6-13)12-1-2-14-15(11-12)20(28)23(19(14)27)16-3-4-17(25)21-18(16)26/h1-2,11,13,16,24H,3-10H2,(H,21,25,26). The van der Waals surface area contributed by atoms with Crippen molar-refractivity contribution in [2.75, 3.05) is 31.2 Å². The zero-order valence-electron chi connectivity index (χ0n) is 15.9. The molecular weight excluding hydrogens is 378 g/mol. The van der Waals surface area contributed by atoms with Crippen molar-refractivity contribution in [2.45, 2.75) is 37.8 Å². The number of piperidine rings is 2. The first-order valence-corrected chi connectivity index (χ1v) is 9.82. The number of fused-ring (bicyclic) bond motifs is 1. The molecule has 4 amide bonds. The van der Waals surface area contributed by atoms with Gasteiger partial charge in [0.05, 0.1) is 30.4 Å². The van der Waals surface area contributed by atoms with Crippen LogP contribution in [0, 0.1) is 0 Å². The van der Waals surface area contributed by atoms with Gasteiger partial charge in [-0.2, -0.15) is 0 Å². The lowest BCUT2D eigenvalue weighted by Crippen LogP contribution is -2.54. The third-order valence-corrected chi connectivity index (χ3v) is 5.68. The summed E-state index contributed by atoms with van der Waals surface area (Å²) >= 11 is 0. The van der Waals surface area contributed by atoms with E-state index in [0.717, 1.165) is 36.5 Å². The fourth-order valence-corrected chi connectivity index (χ4v) is 4.16. The second-order valence-electron chi connectivity index (χ2n) is 7.46. The third kappa shape index (κ3) is 3.63. The second-order valence-corrected chi connectivity index (χ2v) is 7.46. The average molecular weight is 401 g/mol. The van der Waals surface area contributed by atoms with Crippen LogP contribution < -0.4 is 10.2 Å². The minimum Gasteiger partial charge on any atom is -0.394 e. The van der Waals surface area contributed by atoms with E-state index >= 15 is 0 Å². The molecule has 0 aliphatic carbocycles. The van der Waals surface area contributed by atoms with Crippen molar-refractivity contribution in [3.8, 4) is 0 Å². The lowest BCUT2D eigenvalue weighted by atomic mass is 10.0. The van der Waals surface area contributed by atoms with E-state index in [-0.39, 0.29) is 36.7 Å². The van der Waals surface area contributed by atoms with Crippen LogP contribution in [0.15, 0.2) is 18.2 Å². The SMILES string of the molecule is O=C1CCC(N2C(=O)c3ccc(N4CCC(OCCO)CC4)cc3C2=O)C(=O)N1. The molecule has 1 aromatic rings. The minimum atomic E-state index is -0.956. The number of anilines is 1. The van der Waals surface area contributed by atoms with Gasteiger partial charge in [0.2, 0.25) is 11.8 Å². The highest BCUT2D eigenvalue weighted by atomic mass is 16.5. The van der Waals surface area contributed by atoms with Crippen molar-refractivity contribution >= 4 is 29.3 Å². The number of benzene rings is 1. The Morgan fingerprint density at radius 3 is 2.45 bits per heavy atom. The highest BCUT2D eigenvalue weighted by molar-refractivity contribution is 6.23. The number of carbonyl (C=O) groups excluding carboxylic acids is 4. The lowest BCUT2D eigenvalue weighted by Gasteiger charge is -2.33. The molecule has 154 valence electrons. The number of hydrogen-bond acceptors (Lipinski definition) is 7. The number of nitrogens with zero attached hydrogens (tertiary/aromatic N) is 2. The molecule has 9 nitrogen and oxygen atoms in total. The van der Waals surface area contributed by atoms with Crippen molar-refractivity contribution in [1.82, 2.24) is 10.2 Å². The first kappa shape index (κ1) is 19.5. The van der Waals surface area contributed by atoms with Gasteiger partial charge in [-0.05, 0) is 37.5 Å². The van der Waals surface area contributed by atoms with E-state index in [9.17, 15) is 19.2 Å². The number of rotatable bonds is 5. The molecule has 4 rings (SSSR count). The smallest absolute Gasteiger partial charge is 0.262 e. The Labute approximate surface area is 167 Å². The van der Waals surface area contributed by atoms with E-state index in [1.54, 1.807) is 12.1 Å². The fourth-order valence-electron chi connectivity index (χ4n) is 4.16. The minimum absolute atomic E-state index is 0.00482. The van der Waals surface area contributed by atoms with Crippen LogP contribution in [0.5, 0.6) is 0 Å². The first-order chi connectivity index (χ1) is 14.0. The number of hydrogen-bond donors (Lipinski definition) is 2. The number of amides is 4. The molecule has 29 heavy (non-hydrogen) atoms. The van der Waals surface area contributed by atoms with E-state index in [4.69, 9.17) is 9.84 Å². The summed E-state index contributed by atoms with van der Waals surface area (Å²) in [6, 6.07) is 4.19. The van der Waals surface area contributed by atoms with Gasteiger partial charge in [-0.25, -0.2) is 0 Å². The van der Waals surface area contributed by atoms with Crippen LogP contribution in [0.4, 0.5) is 5.69 Å². The maximum atomic E-state index is 12.9. The summed E-state index contributed by atoms with van der Waals surface area (Å²) in [7, 11) is 0. The van der Waals surface area contributed by atoms with Gasteiger partial charge in [0.1, 0.15) is 6.04 Å². The van der Waals surface area contributed by atoms with E-state index < -0.39 is 29.7 Å². The Hall–Kier alpha value is -2.78. The quantitative estimate of drug-likeness (QED) is 0.671. The van der Waals surface area contributed by atoms with Crippen LogP contribution in [0.2, 0.25) is 0 Å². The van der Waals surface area contributed by atoms with Crippen molar-refractivity contribution in [3.63, 3.8) is 0 Å². The van der Waals surface area contributed by atoms with Crippen molar-refractivity contribution < 1.29 is 29.0 Å². The fraction of sp³-hybridized carbons (Fsp3) is 0.500. The van der Waals surface area contributed by atoms with E-state index in [2.05, 4.69) is 10.2 Å². The van der Waals surface area contributed by atoms with Crippen LogP contribution in [-0.4, -0.2) is 72.1 Å².